The van der Waals surface area contributed by atoms with E-state index in [1.165, 1.54) is 5.56 Å². The molecule has 0 saturated carbocycles. The molecular formula is C16H17IO2. The molecule has 0 aliphatic rings. The number of phenols is 2. The van der Waals surface area contributed by atoms with E-state index in [4.69, 9.17) is 0 Å². The Balaban J connectivity index is 2.22. The molecule has 0 amide bonds. The lowest BCUT2D eigenvalue weighted by molar-refractivity contribution is 0.467. The summed E-state index contributed by atoms with van der Waals surface area (Å²) in [5, 5.41) is 19.3. The van der Waals surface area contributed by atoms with Gasteiger partial charge in [0.25, 0.3) is 0 Å². The molecule has 0 radical (unpaired) electrons. The van der Waals surface area contributed by atoms with Crippen molar-refractivity contribution in [2.45, 2.75) is 26.2 Å². The fraction of sp³-hybridized carbons (Fsp3) is 0.250. The van der Waals surface area contributed by atoms with Crippen LogP contribution in [0.4, 0.5) is 0 Å². The molecule has 0 heterocycles. The number of aryl methyl sites for hydroxylation is 1. The maximum atomic E-state index is 9.78. The largest absolute Gasteiger partial charge is 0.508 e. The van der Waals surface area contributed by atoms with Crippen molar-refractivity contribution in [1.82, 2.24) is 0 Å². The minimum atomic E-state index is 0.321. The maximum Gasteiger partial charge on any atom is 0.128 e. The molecule has 100 valence electrons. The van der Waals surface area contributed by atoms with E-state index in [1.54, 1.807) is 12.1 Å². The standard InChI is InChI=1S/C16H17IO2/c1-2-3-13-9-11(4-6-15(13)18)8-12-5-7-16(19)14(17)10-12/h4-7,9-10,18-19H,2-3,8H2,1H3. The summed E-state index contributed by atoms with van der Waals surface area (Å²) in [6, 6.07) is 11.4. The monoisotopic (exact) mass is 368 g/mol. The Labute approximate surface area is 127 Å². The summed E-state index contributed by atoms with van der Waals surface area (Å²) in [6.07, 6.45) is 2.73. The number of aromatic hydroxyl groups is 2. The van der Waals surface area contributed by atoms with Crippen LogP contribution in [0.1, 0.15) is 30.0 Å². The Morgan fingerprint density at radius 3 is 2.21 bits per heavy atom. The second-order valence-electron chi connectivity index (χ2n) is 4.68. The molecule has 0 unspecified atom stereocenters. The van der Waals surface area contributed by atoms with Gasteiger partial charge in [-0.1, -0.05) is 31.5 Å². The highest BCUT2D eigenvalue weighted by molar-refractivity contribution is 14.1. The van der Waals surface area contributed by atoms with Crippen molar-refractivity contribution >= 4 is 22.6 Å². The van der Waals surface area contributed by atoms with E-state index < -0.39 is 0 Å². The van der Waals surface area contributed by atoms with Crippen molar-refractivity contribution in [2.24, 2.45) is 0 Å². The molecule has 3 heteroatoms. The number of hydrogen-bond acceptors (Lipinski definition) is 2. The summed E-state index contributed by atoms with van der Waals surface area (Å²) < 4.78 is 0.864. The van der Waals surface area contributed by atoms with Crippen molar-refractivity contribution in [3.63, 3.8) is 0 Å². The van der Waals surface area contributed by atoms with Gasteiger partial charge in [-0.05, 0) is 70.3 Å². The Morgan fingerprint density at radius 1 is 0.947 bits per heavy atom. The molecule has 0 fully saturated rings. The highest BCUT2D eigenvalue weighted by Gasteiger charge is 2.05. The molecule has 2 rings (SSSR count). The summed E-state index contributed by atoms with van der Waals surface area (Å²) in [7, 11) is 0. The minimum Gasteiger partial charge on any atom is -0.508 e. The summed E-state index contributed by atoms with van der Waals surface area (Å²) >= 11 is 2.13. The van der Waals surface area contributed by atoms with Crippen LogP contribution in [0.15, 0.2) is 36.4 Å². The van der Waals surface area contributed by atoms with Gasteiger partial charge in [0.15, 0.2) is 0 Å². The molecular weight excluding hydrogens is 351 g/mol. The molecule has 2 aromatic rings. The van der Waals surface area contributed by atoms with Crippen LogP contribution < -0.4 is 0 Å². The van der Waals surface area contributed by atoms with Crippen LogP contribution in [0.3, 0.4) is 0 Å². The first-order chi connectivity index (χ1) is 9.10. The molecule has 2 aromatic carbocycles. The fourth-order valence-electron chi connectivity index (χ4n) is 2.11. The number of hydrogen-bond donors (Lipinski definition) is 2. The van der Waals surface area contributed by atoms with E-state index >= 15 is 0 Å². The van der Waals surface area contributed by atoms with Crippen molar-refractivity contribution in [3.8, 4) is 11.5 Å². The second-order valence-corrected chi connectivity index (χ2v) is 5.84. The van der Waals surface area contributed by atoms with Gasteiger partial charge < -0.3 is 10.2 Å². The first kappa shape index (κ1) is 14.2. The van der Waals surface area contributed by atoms with E-state index in [2.05, 4.69) is 35.6 Å². The average Bonchev–Trinajstić information content (AvgIpc) is 2.38. The third-order valence-electron chi connectivity index (χ3n) is 3.08. The minimum absolute atomic E-state index is 0.321. The van der Waals surface area contributed by atoms with Crippen LogP contribution in [0.5, 0.6) is 11.5 Å². The van der Waals surface area contributed by atoms with E-state index in [0.717, 1.165) is 34.0 Å². The van der Waals surface area contributed by atoms with Gasteiger partial charge in [-0.3, -0.25) is 0 Å². The van der Waals surface area contributed by atoms with Crippen LogP contribution in [0, 0.1) is 3.57 Å². The summed E-state index contributed by atoms with van der Waals surface area (Å²) in [5.74, 6) is 0.701. The summed E-state index contributed by atoms with van der Waals surface area (Å²) in [5.41, 5.74) is 3.35. The lowest BCUT2D eigenvalue weighted by Gasteiger charge is -2.08. The number of phenolic OH excluding ortho intramolecular Hbond substituents is 2. The van der Waals surface area contributed by atoms with Crippen LogP contribution in [0.2, 0.25) is 0 Å². The zero-order valence-corrected chi connectivity index (χ0v) is 13.0. The predicted molar refractivity (Wildman–Crippen MR) is 85.7 cm³/mol. The Morgan fingerprint density at radius 2 is 1.58 bits per heavy atom. The lowest BCUT2D eigenvalue weighted by atomic mass is 10.0. The van der Waals surface area contributed by atoms with Crippen LogP contribution >= 0.6 is 22.6 Å². The summed E-state index contributed by atoms with van der Waals surface area (Å²) in [4.78, 5) is 0. The molecule has 0 aliphatic heterocycles. The van der Waals surface area contributed by atoms with E-state index in [1.807, 2.05) is 18.2 Å². The number of benzene rings is 2. The topological polar surface area (TPSA) is 40.5 Å². The van der Waals surface area contributed by atoms with Crippen molar-refractivity contribution in [1.29, 1.82) is 0 Å². The summed E-state index contributed by atoms with van der Waals surface area (Å²) in [6.45, 7) is 2.11. The molecule has 0 spiro atoms. The lowest BCUT2D eigenvalue weighted by Crippen LogP contribution is -1.92. The van der Waals surface area contributed by atoms with Gasteiger partial charge >= 0.3 is 0 Å². The Hall–Kier alpha value is -1.23. The SMILES string of the molecule is CCCc1cc(Cc2ccc(O)c(I)c2)ccc1O. The molecule has 19 heavy (non-hydrogen) atoms. The molecule has 0 aromatic heterocycles. The third kappa shape index (κ3) is 3.62. The van der Waals surface area contributed by atoms with Gasteiger partial charge in [-0.2, -0.15) is 0 Å². The van der Waals surface area contributed by atoms with E-state index in [0.29, 0.717) is 11.5 Å². The Kier molecular flexibility index (Phi) is 4.69. The molecule has 0 atom stereocenters. The highest BCUT2D eigenvalue weighted by Crippen LogP contribution is 2.24. The Bertz CT molecular complexity index is 579. The zero-order chi connectivity index (χ0) is 13.8. The second kappa shape index (κ2) is 6.28. The fourth-order valence-corrected chi connectivity index (χ4v) is 2.69. The normalized spacial score (nSPS) is 10.6. The zero-order valence-electron chi connectivity index (χ0n) is 10.9. The molecule has 0 aliphatic carbocycles. The van der Waals surface area contributed by atoms with Crippen LogP contribution in [-0.4, -0.2) is 10.2 Å². The van der Waals surface area contributed by atoms with Gasteiger partial charge in [-0.25, -0.2) is 0 Å². The van der Waals surface area contributed by atoms with Crippen molar-refractivity contribution in [3.05, 3.63) is 56.7 Å². The van der Waals surface area contributed by atoms with Gasteiger partial charge in [0.05, 0.1) is 3.57 Å². The van der Waals surface area contributed by atoms with Gasteiger partial charge in [0.1, 0.15) is 11.5 Å². The first-order valence-corrected chi connectivity index (χ1v) is 7.46. The smallest absolute Gasteiger partial charge is 0.128 e. The molecule has 0 bridgehead atoms. The predicted octanol–water partition coefficient (Wildman–Crippen LogP) is 4.25. The average molecular weight is 368 g/mol. The molecule has 0 saturated heterocycles. The molecule has 2 nitrogen and oxygen atoms in total. The highest BCUT2D eigenvalue weighted by atomic mass is 127. The van der Waals surface area contributed by atoms with E-state index in [9.17, 15) is 10.2 Å². The quantitative estimate of drug-likeness (QED) is 0.793. The molecule has 2 N–H and O–H groups in total. The van der Waals surface area contributed by atoms with Gasteiger partial charge in [0.2, 0.25) is 0 Å². The van der Waals surface area contributed by atoms with E-state index in [-0.39, 0.29) is 0 Å². The van der Waals surface area contributed by atoms with Crippen LogP contribution in [0.25, 0.3) is 0 Å². The third-order valence-corrected chi connectivity index (χ3v) is 3.95. The van der Waals surface area contributed by atoms with Crippen molar-refractivity contribution in [2.75, 3.05) is 0 Å². The van der Waals surface area contributed by atoms with Gasteiger partial charge in [-0.15, -0.1) is 0 Å². The van der Waals surface area contributed by atoms with Crippen LogP contribution in [-0.2, 0) is 12.8 Å². The van der Waals surface area contributed by atoms with Gasteiger partial charge in [0, 0.05) is 0 Å². The maximum absolute atomic E-state index is 9.78. The number of rotatable bonds is 4. The first-order valence-electron chi connectivity index (χ1n) is 6.38. The number of halogens is 1. The van der Waals surface area contributed by atoms with Crippen molar-refractivity contribution < 1.29 is 10.2 Å².